The van der Waals surface area contributed by atoms with Crippen LogP contribution in [0.25, 0.3) is 10.9 Å². The maximum Gasteiger partial charge on any atom is 0.339 e. The zero-order valence-corrected chi connectivity index (χ0v) is 22.2. The van der Waals surface area contributed by atoms with Crippen molar-refractivity contribution in [2.75, 3.05) is 29.9 Å². The topological polar surface area (TPSA) is 142 Å². The number of fused-ring (bicyclic) bond motifs is 2. The first-order valence-corrected chi connectivity index (χ1v) is 13.2. The molecule has 210 valence electrons. The fraction of sp³-hybridized carbons (Fsp3) is 0.250. The highest BCUT2D eigenvalue weighted by Gasteiger charge is 2.45. The van der Waals surface area contributed by atoms with Gasteiger partial charge in [-0.1, -0.05) is 18.2 Å². The maximum absolute atomic E-state index is 14.4. The van der Waals surface area contributed by atoms with Crippen molar-refractivity contribution in [2.45, 2.75) is 25.9 Å². The van der Waals surface area contributed by atoms with E-state index < -0.39 is 12.1 Å². The van der Waals surface area contributed by atoms with Crippen molar-refractivity contribution in [2.24, 2.45) is 5.73 Å². The van der Waals surface area contributed by atoms with Gasteiger partial charge in [-0.25, -0.2) is 34.0 Å². The highest BCUT2D eigenvalue weighted by atomic mass is 19.1. The largest absolute Gasteiger partial charge is 0.353 e. The van der Waals surface area contributed by atoms with Crippen molar-refractivity contribution < 1.29 is 18.8 Å². The average Bonchev–Trinajstić information content (AvgIpc) is 3.57. The molecule has 2 fully saturated rings. The van der Waals surface area contributed by atoms with Crippen LogP contribution in [0, 0.1) is 12.7 Å². The molecule has 2 aromatic carbocycles. The molecular formula is C28H28FN9O3. The number of nitrogens with two attached hydrogens (primary N) is 1. The second-order valence-electron chi connectivity index (χ2n) is 10.0. The smallest absolute Gasteiger partial charge is 0.339 e. The fourth-order valence-corrected chi connectivity index (χ4v) is 5.43. The van der Waals surface area contributed by atoms with E-state index in [1.165, 1.54) is 15.9 Å². The average molecular weight is 558 g/mol. The summed E-state index contributed by atoms with van der Waals surface area (Å²) in [6.07, 6.45) is 6.65. The van der Waals surface area contributed by atoms with E-state index in [1.54, 1.807) is 60.7 Å². The molecule has 4 heterocycles. The van der Waals surface area contributed by atoms with Gasteiger partial charge in [0.2, 0.25) is 5.91 Å². The minimum Gasteiger partial charge on any atom is -0.353 e. The highest BCUT2D eigenvalue weighted by Crippen LogP contribution is 2.35. The predicted octanol–water partition coefficient (Wildman–Crippen LogP) is 3.10. The lowest BCUT2D eigenvalue weighted by Crippen LogP contribution is -2.61. The molecule has 2 aromatic heterocycles. The van der Waals surface area contributed by atoms with E-state index >= 15 is 0 Å². The summed E-state index contributed by atoms with van der Waals surface area (Å²) in [5, 5.41) is 9.94. The van der Waals surface area contributed by atoms with Crippen LogP contribution in [-0.4, -0.2) is 68.2 Å². The molecule has 4 amide bonds. The molecule has 2 saturated heterocycles. The molecule has 2 aliphatic rings. The van der Waals surface area contributed by atoms with E-state index in [1.807, 2.05) is 11.1 Å². The SMILES string of the molecule is Cc1cccc(CNC(=O)[C@@H]2CCN3CCN(c4cn(C(N)=O)c5cc(Nc6cncnc6)ccc45)C(=O)N23)c1F. The third-order valence-corrected chi connectivity index (χ3v) is 7.46. The minimum absolute atomic E-state index is 0.0200. The highest BCUT2D eigenvalue weighted by molar-refractivity contribution is 6.07. The molecule has 0 bridgehead atoms. The number of primary amides is 1. The standard InChI is InChI=1S/C28H28FN9O3/c1-17-3-2-4-18(25(17)29)12-33-26(39)22-7-8-35-9-10-36(28(41)38(22)35)24-15-37(27(30)40)23-11-19(5-6-21(23)24)34-20-13-31-16-32-14-20/h2-6,11,13-16,22,34H,7-10,12H2,1H3,(H2,30,40)(H,33,39)/t22-/m0/s1. The summed E-state index contributed by atoms with van der Waals surface area (Å²) < 4.78 is 15.7. The molecule has 13 heteroatoms. The van der Waals surface area contributed by atoms with Crippen LogP contribution in [0.1, 0.15) is 17.5 Å². The van der Waals surface area contributed by atoms with Crippen LogP contribution in [-0.2, 0) is 11.3 Å². The number of nitrogens with zero attached hydrogens (tertiary/aromatic N) is 6. The second-order valence-corrected chi connectivity index (χ2v) is 10.0. The molecule has 41 heavy (non-hydrogen) atoms. The Balaban J connectivity index is 1.25. The number of benzene rings is 2. The number of halogens is 1. The molecule has 6 rings (SSSR count). The molecule has 0 saturated carbocycles. The summed E-state index contributed by atoms with van der Waals surface area (Å²) in [5.74, 6) is -0.717. The lowest BCUT2D eigenvalue weighted by molar-refractivity contribution is -0.127. The van der Waals surface area contributed by atoms with E-state index in [9.17, 15) is 18.8 Å². The molecule has 4 N–H and O–H groups in total. The van der Waals surface area contributed by atoms with Gasteiger partial charge in [0.15, 0.2) is 0 Å². The molecule has 0 unspecified atom stereocenters. The zero-order chi connectivity index (χ0) is 28.7. The summed E-state index contributed by atoms with van der Waals surface area (Å²) in [7, 11) is 0. The van der Waals surface area contributed by atoms with Crippen LogP contribution in [0.4, 0.5) is 31.0 Å². The van der Waals surface area contributed by atoms with Gasteiger partial charge < -0.3 is 16.4 Å². The normalized spacial score (nSPS) is 17.1. The number of rotatable bonds is 6. The van der Waals surface area contributed by atoms with Crippen LogP contribution in [0.15, 0.2) is 61.3 Å². The molecular weight excluding hydrogens is 529 g/mol. The van der Waals surface area contributed by atoms with E-state index in [0.717, 1.165) is 0 Å². The number of carbonyl (C=O) groups is 3. The first-order valence-electron chi connectivity index (χ1n) is 13.2. The molecule has 0 spiro atoms. The van der Waals surface area contributed by atoms with E-state index in [-0.39, 0.29) is 24.3 Å². The Kier molecular flexibility index (Phi) is 6.71. The number of carbonyl (C=O) groups excluding carboxylic acids is 3. The number of aryl methyl sites for hydroxylation is 1. The summed E-state index contributed by atoms with van der Waals surface area (Å²) >= 11 is 0. The number of aromatic nitrogens is 3. The second kappa shape index (κ2) is 10.5. The van der Waals surface area contributed by atoms with Crippen LogP contribution in [0.3, 0.4) is 0 Å². The molecule has 0 radical (unpaired) electrons. The van der Waals surface area contributed by atoms with Gasteiger partial charge in [-0.2, -0.15) is 0 Å². The third-order valence-electron chi connectivity index (χ3n) is 7.46. The van der Waals surface area contributed by atoms with Crippen molar-refractivity contribution >= 4 is 45.9 Å². The van der Waals surface area contributed by atoms with Crippen molar-refractivity contribution in [3.63, 3.8) is 0 Å². The third kappa shape index (κ3) is 4.80. The maximum atomic E-state index is 14.4. The summed E-state index contributed by atoms with van der Waals surface area (Å²) in [4.78, 5) is 48.9. The van der Waals surface area contributed by atoms with Gasteiger partial charge in [-0.3, -0.25) is 14.3 Å². The summed E-state index contributed by atoms with van der Waals surface area (Å²) in [5.41, 5.74) is 8.93. The zero-order valence-electron chi connectivity index (χ0n) is 22.2. The number of hydrogen-bond donors (Lipinski definition) is 3. The number of amides is 4. The first kappa shape index (κ1) is 26.2. The van der Waals surface area contributed by atoms with Crippen LogP contribution >= 0.6 is 0 Å². The summed E-state index contributed by atoms with van der Waals surface area (Å²) in [6, 6.07) is 8.59. The molecule has 12 nitrogen and oxygen atoms in total. The van der Waals surface area contributed by atoms with Crippen molar-refractivity contribution in [3.05, 3.63) is 78.3 Å². The van der Waals surface area contributed by atoms with Crippen LogP contribution in [0.2, 0.25) is 0 Å². The van der Waals surface area contributed by atoms with E-state index in [0.29, 0.717) is 65.1 Å². The van der Waals surface area contributed by atoms with E-state index in [2.05, 4.69) is 20.6 Å². The summed E-state index contributed by atoms with van der Waals surface area (Å²) in [6.45, 7) is 3.08. The lowest BCUT2D eigenvalue weighted by Gasteiger charge is -2.41. The Morgan fingerprint density at radius 3 is 2.68 bits per heavy atom. The van der Waals surface area contributed by atoms with Crippen molar-refractivity contribution in [1.82, 2.24) is 29.9 Å². The number of hydrazine groups is 1. The monoisotopic (exact) mass is 557 g/mol. The van der Waals surface area contributed by atoms with E-state index in [4.69, 9.17) is 5.73 Å². The van der Waals surface area contributed by atoms with Gasteiger partial charge in [-0.05, 0) is 37.1 Å². The van der Waals surface area contributed by atoms with Gasteiger partial charge in [-0.15, -0.1) is 0 Å². The molecule has 2 aliphatic heterocycles. The quantitative estimate of drug-likeness (QED) is 0.331. The molecule has 4 aromatic rings. The Morgan fingerprint density at radius 1 is 1.10 bits per heavy atom. The molecule has 1 atom stereocenters. The predicted molar refractivity (Wildman–Crippen MR) is 150 cm³/mol. The number of nitrogens with one attached hydrogen (secondary N) is 2. The van der Waals surface area contributed by atoms with Gasteiger partial charge >= 0.3 is 12.1 Å². The Labute approximate surface area is 234 Å². The number of anilines is 3. The Morgan fingerprint density at radius 2 is 1.90 bits per heavy atom. The van der Waals surface area contributed by atoms with Gasteiger partial charge in [0.25, 0.3) is 0 Å². The van der Waals surface area contributed by atoms with Crippen molar-refractivity contribution in [1.29, 1.82) is 0 Å². The minimum atomic E-state index is -0.744. The van der Waals surface area contributed by atoms with Crippen LogP contribution in [0.5, 0.6) is 0 Å². The van der Waals surface area contributed by atoms with Gasteiger partial charge in [0.05, 0.1) is 29.3 Å². The Hall–Kier alpha value is -5.04. The lowest BCUT2D eigenvalue weighted by atomic mass is 10.1. The number of urea groups is 1. The molecule has 0 aliphatic carbocycles. The van der Waals surface area contributed by atoms with Crippen molar-refractivity contribution in [3.8, 4) is 0 Å². The van der Waals surface area contributed by atoms with Crippen LogP contribution < -0.4 is 21.3 Å². The van der Waals surface area contributed by atoms with Gasteiger partial charge in [0.1, 0.15) is 18.2 Å². The number of hydrogen-bond acceptors (Lipinski definition) is 7. The first-order chi connectivity index (χ1) is 19.8. The van der Waals surface area contributed by atoms with Gasteiger partial charge in [0, 0.05) is 49.0 Å². The fourth-order valence-electron chi connectivity index (χ4n) is 5.43. The Bertz CT molecular complexity index is 1660.